The molecule has 1 saturated heterocycles. The number of carboxylic acid groups (broad SMARTS) is 2. The average molecular weight is 350 g/mol. The van der Waals surface area contributed by atoms with E-state index in [1.54, 1.807) is 20.8 Å². The molecule has 2 N–H and O–H groups in total. The molecule has 9 heteroatoms. The fourth-order valence-electron chi connectivity index (χ4n) is 0.966. The first-order chi connectivity index (χ1) is 10.5. The van der Waals surface area contributed by atoms with E-state index in [1.165, 1.54) is 0 Å². The van der Waals surface area contributed by atoms with Gasteiger partial charge in [-0.2, -0.15) is 0 Å². The van der Waals surface area contributed by atoms with Gasteiger partial charge in [0.2, 0.25) is 0 Å². The van der Waals surface area contributed by atoms with Crippen molar-refractivity contribution in [3.63, 3.8) is 0 Å². The minimum Gasteiger partial charge on any atom is -0.481 e. The smallest absolute Gasteiger partial charge is 0.320 e. The van der Waals surface area contributed by atoms with Gasteiger partial charge in [0.1, 0.15) is 18.6 Å². The monoisotopic (exact) mass is 350 g/mol. The van der Waals surface area contributed by atoms with E-state index in [4.69, 9.17) is 19.7 Å². The van der Waals surface area contributed by atoms with Crippen molar-refractivity contribution in [3.05, 3.63) is 0 Å². The summed E-state index contributed by atoms with van der Waals surface area (Å²) in [5, 5.41) is 15.4. The van der Waals surface area contributed by atoms with Crippen molar-refractivity contribution in [2.24, 2.45) is 0 Å². The molecule has 1 aliphatic rings. The molecule has 0 aliphatic carbocycles. The van der Waals surface area contributed by atoms with Gasteiger partial charge in [0.15, 0.2) is 0 Å². The molecular formula is C15H26O9. The molecule has 0 saturated carbocycles. The van der Waals surface area contributed by atoms with Crippen LogP contribution in [-0.2, 0) is 33.4 Å². The van der Waals surface area contributed by atoms with Crippen LogP contribution in [0.1, 0.15) is 60.8 Å². The zero-order valence-electron chi connectivity index (χ0n) is 13.6. The number of Topliss-reactive ketones (excluding diaryl/α,β-unsaturated/α-hetero) is 1. The van der Waals surface area contributed by atoms with E-state index in [9.17, 15) is 24.0 Å². The number of esters is 2. The van der Waals surface area contributed by atoms with E-state index in [2.05, 4.69) is 0 Å². The Balaban J connectivity index is -0.000000296. The summed E-state index contributed by atoms with van der Waals surface area (Å²) in [6.07, 6.45) is 0.0695. The summed E-state index contributed by atoms with van der Waals surface area (Å²) < 4.78 is 9.62. The van der Waals surface area contributed by atoms with Crippen molar-refractivity contribution in [2.45, 2.75) is 66.6 Å². The third-order valence-corrected chi connectivity index (χ3v) is 2.39. The quantitative estimate of drug-likeness (QED) is 0.572. The Hall–Kier alpha value is -2.45. The summed E-state index contributed by atoms with van der Waals surface area (Å²) in [4.78, 5) is 50.1. The predicted octanol–water partition coefficient (Wildman–Crippen LogP) is 1.77. The Bertz CT molecular complexity index is 426. The average Bonchev–Trinajstić information content (AvgIpc) is 2.36. The minimum atomic E-state index is -1.31. The van der Waals surface area contributed by atoms with E-state index < -0.39 is 36.1 Å². The van der Waals surface area contributed by atoms with Crippen LogP contribution in [0, 0.1) is 0 Å². The molecule has 140 valence electrons. The maximum Gasteiger partial charge on any atom is 0.320 e. The lowest BCUT2D eigenvalue weighted by molar-refractivity contribution is -0.238. The van der Waals surface area contributed by atoms with Gasteiger partial charge in [0.25, 0.3) is 5.79 Å². The number of rotatable bonds is 4. The third kappa shape index (κ3) is 15.9. The van der Waals surface area contributed by atoms with Crippen molar-refractivity contribution in [1.82, 2.24) is 0 Å². The van der Waals surface area contributed by atoms with Gasteiger partial charge >= 0.3 is 23.9 Å². The maximum atomic E-state index is 10.7. The maximum absolute atomic E-state index is 10.7. The highest BCUT2D eigenvalue weighted by molar-refractivity contribution is 5.93. The van der Waals surface area contributed by atoms with Crippen molar-refractivity contribution in [2.75, 3.05) is 0 Å². The van der Waals surface area contributed by atoms with Crippen LogP contribution >= 0.6 is 0 Å². The second-order valence-corrected chi connectivity index (χ2v) is 4.63. The first-order valence-electron chi connectivity index (χ1n) is 6.82. The van der Waals surface area contributed by atoms with E-state index in [0.717, 1.165) is 0 Å². The SMILES string of the molecule is C.CCC(C)=O.CCC1(C)OC(=O)CC(=O)O1.O=C(O)CC(=O)O. The highest BCUT2D eigenvalue weighted by atomic mass is 16.7. The summed E-state index contributed by atoms with van der Waals surface area (Å²) in [7, 11) is 0. The number of cyclic esters (lactones) is 2. The molecule has 0 unspecified atom stereocenters. The van der Waals surface area contributed by atoms with Crippen LogP contribution in [0.4, 0.5) is 0 Å². The Morgan fingerprint density at radius 3 is 1.54 bits per heavy atom. The van der Waals surface area contributed by atoms with E-state index in [1.807, 2.05) is 6.92 Å². The molecule has 1 fully saturated rings. The van der Waals surface area contributed by atoms with Crippen molar-refractivity contribution >= 4 is 29.7 Å². The molecule has 1 rings (SSSR count). The van der Waals surface area contributed by atoms with Gasteiger partial charge in [0, 0.05) is 19.8 Å². The number of hydrogen-bond acceptors (Lipinski definition) is 7. The van der Waals surface area contributed by atoms with Crippen LogP contribution in [0.3, 0.4) is 0 Å². The van der Waals surface area contributed by atoms with Gasteiger partial charge in [-0.1, -0.05) is 21.3 Å². The summed E-state index contributed by atoms with van der Waals surface area (Å²) in [6.45, 7) is 6.79. The highest BCUT2D eigenvalue weighted by Crippen LogP contribution is 2.22. The lowest BCUT2D eigenvalue weighted by Crippen LogP contribution is -2.42. The summed E-state index contributed by atoms with van der Waals surface area (Å²) in [5.74, 6) is -4.42. The lowest BCUT2D eigenvalue weighted by Gasteiger charge is -2.31. The fourth-order valence-corrected chi connectivity index (χ4v) is 0.966. The number of aliphatic carboxylic acids is 2. The topological polar surface area (TPSA) is 144 Å². The number of ether oxygens (including phenoxy) is 2. The zero-order chi connectivity index (χ0) is 18.6. The molecule has 0 bridgehead atoms. The van der Waals surface area contributed by atoms with Gasteiger partial charge in [-0.05, 0) is 6.92 Å². The zero-order valence-corrected chi connectivity index (χ0v) is 13.6. The fraction of sp³-hybridized carbons (Fsp3) is 0.667. The lowest BCUT2D eigenvalue weighted by atomic mass is 10.2. The number of hydrogen-bond donors (Lipinski definition) is 2. The van der Waals surface area contributed by atoms with Crippen LogP contribution < -0.4 is 0 Å². The first kappa shape index (κ1) is 26.4. The third-order valence-electron chi connectivity index (χ3n) is 2.39. The van der Waals surface area contributed by atoms with Gasteiger partial charge in [0.05, 0.1) is 0 Å². The molecule has 24 heavy (non-hydrogen) atoms. The van der Waals surface area contributed by atoms with Gasteiger partial charge < -0.3 is 24.5 Å². The molecule has 0 atom stereocenters. The van der Waals surface area contributed by atoms with Crippen LogP contribution in [0.2, 0.25) is 0 Å². The van der Waals surface area contributed by atoms with Gasteiger partial charge in [-0.15, -0.1) is 0 Å². The number of ketones is 1. The second-order valence-electron chi connectivity index (χ2n) is 4.63. The molecule has 0 aromatic heterocycles. The molecule has 0 aromatic carbocycles. The molecule has 0 aromatic rings. The minimum absolute atomic E-state index is 0. The standard InChI is InChI=1S/C7H10O4.C4H8O.C3H4O4.CH4/c1-3-7(2)10-5(8)4-6(9)11-7;1-3-4(2)5;4-2(5)1-3(6)7;/h3-4H2,1-2H3;3H2,1-2H3;1H2,(H,4,5)(H,6,7);1H4. The summed E-state index contributed by atoms with van der Waals surface area (Å²) in [6, 6.07) is 0. The summed E-state index contributed by atoms with van der Waals surface area (Å²) >= 11 is 0. The van der Waals surface area contributed by atoms with Gasteiger partial charge in [-0.3, -0.25) is 19.2 Å². The second kappa shape index (κ2) is 13.0. The normalized spacial score (nSPS) is 14.2. The van der Waals surface area contributed by atoms with Crippen molar-refractivity contribution in [1.29, 1.82) is 0 Å². The molecule has 0 amide bonds. The van der Waals surface area contributed by atoms with Crippen LogP contribution in [0.25, 0.3) is 0 Å². The van der Waals surface area contributed by atoms with E-state index in [-0.39, 0.29) is 19.6 Å². The number of carbonyl (C=O) groups excluding carboxylic acids is 3. The van der Waals surface area contributed by atoms with Gasteiger partial charge in [-0.25, -0.2) is 0 Å². The Kier molecular flexibility index (Phi) is 14.4. The Labute approximate surface area is 140 Å². The molecule has 9 nitrogen and oxygen atoms in total. The van der Waals surface area contributed by atoms with Crippen LogP contribution in [-0.4, -0.2) is 45.7 Å². The molecule has 1 heterocycles. The summed E-state index contributed by atoms with van der Waals surface area (Å²) in [5.41, 5.74) is 0. The highest BCUT2D eigenvalue weighted by Gasteiger charge is 2.37. The Morgan fingerprint density at radius 2 is 1.38 bits per heavy atom. The molecular weight excluding hydrogens is 324 g/mol. The van der Waals surface area contributed by atoms with E-state index in [0.29, 0.717) is 12.8 Å². The number of carboxylic acids is 2. The van der Waals surface area contributed by atoms with Crippen molar-refractivity contribution < 1.29 is 43.7 Å². The number of carbonyl (C=O) groups is 5. The Morgan fingerprint density at radius 1 is 1.04 bits per heavy atom. The van der Waals surface area contributed by atoms with Crippen molar-refractivity contribution in [3.8, 4) is 0 Å². The molecule has 0 spiro atoms. The molecule has 1 aliphatic heterocycles. The van der Waals surface area contributed by atoms with E-state index >= 15 is 0 Å². The van der Waals surface area contributed by atoms with Crippen LogP contribution in [0.5, 0.6) is 0 Å². The largest absolute Gasteiger partial charge is 0.481 e. The molecule has 0 radical (unpaired) electrons. The first-order valence-corrected chi connectivity index (χ1v) is 6.82. The van der Waals surface area contributed by atoms with Crippen LogP contribution in [0.15, 0.2) is 0 Å². The predicted molar refractivity (Wildman–Crippen MR) is 83.1 cm³/mol.